The molecular weight excluding hydrogens is 266 g/mol. The highest BCUT2D eigenvalue weighted by molar-refractivity contribution is 7.89. The van der Waals surface area contributed by atoms with Gasteiger partial charge in [0.05, 0.1) is 17.6 Å². The zero-order chi connectivity index (χ0) is 13.7. The molecule has 1 aromatic rings. The minimum absolute atomic E-state index is 0.214. The van der Waals surface area contributed by atoms with Crippen molar-refractivity contribution in [2.24, 2.45) is 5.92 Å². The van der Waals surface area contributed by atoms with Gasteiger partial charge in [0.15, 0.2) is 0 Å². The van der Waals surface area contributed by atoms with E-state index in [1.54, 1.807) is 12.1 Å². The highest BCUT2D eigenvalue weighted by atomic mass is 32.2. The molecule has 0 spiro atoms. The van der Waals surface area contributed by atoms with Gasteiger partial charge in [0, 0.05) is 13.1 Å². The number of β-amino-alcohol motifs (C(OH)–C–C–N with tert-alkyl or cyclic N) is 1. The van der Waals surface area contributed by atoms with Crippen LogP contribution in [0.1, 0.15) is 12.8 Å². The second-order valence-corrected chi connectivity index (χ2v) is 7.26. The fraction of sp³-hybridized carbons (Fsp3) is 0.538. The molecule has 5 nitrogen and oxygen atoms in total. The van der Waals surface area contributed by atoms with E-state index in [4.69, 9.17) is 4.74 Å². The Balaban J connectivity index is 1.76. The van der Waals surface area contributed by atoms with Crippen LogP contribution in [0.2, 0.25) is 0 Å². The number of hydrogen-bond acceptors (Lipinski definition) is 4. The van der Waals surface area contributed by atoms with Gasteiger partial charge in [-0.15, -0.1) is 0 Å². The first kappa shape index (κ1) is 12.9. The van der Waals surface area contributed by atoms with E-state index in [-0.39, 0.29) is 23.9 Å². The minimum atomic E-state index is -3.49. The highest BCUT2D eigenvalue weighted by Gasteiger charge is 2.55. The third kappa shape index (κ3) is 2.13. The second kappa shape index (κ2) is 4.19. The van der Waals surface area contributed by atoms with Crippen LogP contribution in [0, 0.1) is 5.92 Å². The van der Waals surface area contributed by atoms with E-state index in [2.05, 4.69) is 0 Å². The van der Waals surface area contributed by atoms with Crippen LogP contribution in [0.15, 0.2) is 29.2 Å². The summed E-state index contributed by atoms with van der Waals surface area (Å²) in [5, 5.41) is 10.2. The van der Waals surface area contributed by atoms with Crippen molar-refractivity contribution < 1.29 is 18.3 Å². The quantitative estimate of drug-likeness (QED) is 0.889. The molecular formula is C13H17NO4S. The van der Waals surface area contributed by atoms with Gasteiger partial charge in [-0.05, 0) is 43.0 Å². The predicted octanol–water partition coefficient (Wildman–Crippen LogP) is 0.841. The fourth-order valence-corrected chi connectivity index (χ4v) is 4.08. The number of sulfonamides is 1. The van der Waals surface area contributed by atoms with Crippen LogP contribution >= 0.6 is 0 Å². The Hall–Kier alpha value is -1.11. The van der Waals surface area contributed by atoms with Crippen LogP contribution in [0.25, 0.3) is 0 Å². The molecule has 0 unspecified atom stereocenters. The largest absolute Gasteiger partial charge is 0.497 e. The van der Waals surface area contributed by atoms with Gasteiger partial charge in [-0.25, -0.2) is 8.42 Å². The molecule has 0 bridgehead atoms. The maximum Gasteiger partial charge on any atom is 0.243 e. The van der Waals surface area contributed by atoms with Crippen LogP contribution in [0.5, 0.6) is 5.75 Å². The number of nitrogens with zero attached hydrogens (tertiary/aromatic N) is 1. The normalized spacial score (nSPS) is 22.8. The van der Waals surface area contributed by atoms with Gasteiger partial charge in [-0.3, -0.25) is 0 Å². The molecule has 1 heterocycles. The summed E-state index contributed by atoms with van der Waals surface area (Å²) in [7, 11) is -1.95. The molecule has 1 saturated carbocycles. The molecule has 1 saturated heterocycles. The third-order valence-electron chi connectivity index (χ3n) is 3.93. The van der Waals surface area contributed by atoms with E-state index >= 15 is 0 Å². The molecule has 0 aromatic heterocycles. The van der Waals surface area contributed by atoms with Crippen molar-refractivity contribution in [1.82, 2.24) is 4.31 Å². The average Bonchev–Trinajstić information content (AvgIpc) is 3.19. The third-order valence-corrected chi connectivity index (χ3v) is 5.74. The van der Waals surface area contributed by atoms with Gasteiger partial charge in [-0.2, -0.15) is 4.31 Å². The summed E-state index contributed by atoms with van der Waals surface area (Å²) in [6.45, 7) is 0.429. The molecule has 1 aromatic carbocycles. The Morgan fingerprint density at radius 3 is 2.32 bits per heavy atom. The lowest BCUT2D eigenvalue weighted by Gasteiger charge is -2.45. The summed E-state index contributed by atoms with van der Waals surface area (Å²) >= 11 is 0. The maximum atomic E-state index is 12.3. The van der Waals surface area contributed by atoms with Gasteiger partial charge in [0.1, 0.15) is 5.75 Å². The van der Waals surface area contributed by atoms with Crippen molar-refractivity contribution in [3.63, 3.8) is 0 Å². The molecule has 2 fully saturated rings. The topological polar surface area (TPSA) is 66.8 Å². The van der Waals surface area contributed by atoms with Crippen molar-refractivity contribution in [2.75, 3.05) is 20.2 Å². The number of hydrogen-bond donors (Lipinski definition) is 1. The first-order chi connectivity index (χ1) is 8.95. The molecule has 104 valence electrons. The van der Waals surface area contributed by atoms with Crippen molar-refractivity contribution >= 4 is 10.0 Å². The molecule has 1 N–H and O–H groups in total. The zero-order valence-corrected chi connectivity index (χ0v) is 11.6. The summed E-state index contributed by atoms with van der Waals surface area (Å²) < 4.78 is 31.0. The van der Waals surface area contributed by atoms with Crippen LogP contribution in [0.3, 0.4) is 0 Å². The number of benzene rings is 1. The van der Waals surface area contributed by atoms with Gasteiger partial charge >= 0.3 is 0 Å². The van der Waals surface area contributed by atoms with Gasteiger partial charge in [-0.1, -0.05) is 0 Å². The minimum Gasteiger partial charge on any atom is -0.497 e. The molecule has 0 atom stereocenters. The molecule has 19 heavy (non-hydrogen) atoms. The SMILES string of the molecule is COc1ccc(S(=O)(=O)N2CC(O)(C3CC3)C2)cc1. The molecule has 2 aliphatic rings. The fourth-order valence-electron chi connectivity index (χ4n) is 2.51. The molecule has 3 rings (SSSR count). The maximum absolute atomic E-state index is 12.3. The number of rotatable bonds is 4. The molecule has 1 aliphatic heterocycles. The Kier molecular flexibility index (Phi) is 2.85. The summed E-state index contributed by atoms with van der Waals surface area (Å²) in [6.07, 6.45) is 2.01. The van der Waals surface area contributed by atoms with Crippen molar-refractivity contribution in [1.29, 1.82) is 0 Å². The van der Waals surface area contributed by atoms with Crippen LogP contribution in [0.4, 0.5) is 0 Å². The van der Waals surface area contributed by atoms with Crippen LogP contribution in [-0.2, 0) is 10.0 Å². The lowest BCUT2D eigenvalue weighted by Crippen LogP contribution is -2.64. The van der Waals surface area contributed by atoms with E-state index in [0.29, 0.717) is 5.75 Å². The Labute approximate surface area is 112 Å². The van der Waals surface area contributed by atoms with E-state index < -0.39 is 15.6 Å². The summed E-state index contributed by atoms with van der Waals surface area (Å²) in [5.41, 5.74) is -0.792. The van der Waals surface area contributed by atoms with Gasteiger partial charge in [0.2, 0.25) is 10.0 Å². The van der Waals surface area contributed by atoms with E-state index in [1.165, 1.54) is 23.5 Å². The molecule has 0 amide bonds. The van der Waals surface area contributed by atoms with E-state index in [9.17, 15) is 13.5 Å². The number of methoxy groups -OCH3 is 1. The Morgan fingerprint density at radius 2 is 1.84 bits per heavy atom. The van der Waals surface area contributed by atoms with Crippen molar-refractivity contribution in [3.8, 4) is 5.75 Å². The van der Waals surface area contributed by atoms with Crippen LogP contribution in [-0.4, -0.2) is 43.6 Å². The second-order valence-electron chi connectivity index (χ2n) is 5.33. The average molecular weight is 283 g/mol. The zero-order valence-electron chi connectivity index (χ0n) is 10.7. The van der Waals surface area contributed by atoms with E-state index in [1.807, 2.05) is 0 Å². The monoisotopic (exact) mass is 283 g/mol. The standard InChI is InChI=1S/C13H17NO4S/c1-18-11-4-6-12(7-5-11)19(16,17)14-8-13(15,9-14)10-2-3-10/h4-7,10,15H,2-3,8-9H2,1H3. The lowest BCUT2D eigenvalue weighted by molar-refractivity contribution is -0.0764. The Morgan fingerprint density at radius 1 is 1.26 bits per heavy atom. The number of ether oxygens (including phenoxy) is 1. The lowest BCUT2D eigenvalue weighted by atomic mass is 9.91. The predicted molar refractivity (Wildman–Crippen MR) is 69.4 cm³/mol. The smallest absolute Gasteiger partial charge is 0.243 e. The Bertz CT molecular complexity index is 571. The summed E-state index contributed by atoms with van der Waals surface area (Å²) in [4.78, 5) is 0.242. The number of aliphatic hydroxyl groups is 1. The first-order valence-electron chi connectivity index (χ1n) is 6.32. The summed E-state index contributed by atoms with van der Waals surface area (Å²) in [6, 6.07) is 6.31. The van der Waals surface area contributed by atoms with Crippen molar-refractivity contribution in [3.05, 3.63) is 24.3 Å². The van der Waals surface area contributed by atoms with Crippen LogP contribution < -0.4 is 4.74 Å². The molecule has 0 radical (unpaired) electrons. The molecule has 1 aliphatic carbocycles. The first-order valence-corrected chi connectivity index (χ1v) is 7.76. The summed E-state index contributed by atoms with van der Waals surface area (Å²) in [5.74, 6) is 0.909. The van der Waals surface area contributed by atoms with Gasteiger partial charge in [0.25, 0.3) is 0 Å². The highest BCUT2D eigenvalue weighted by Crippen LogP contribution is 2.45. The van der Waals surface area contributed by atoms with E-state index in [0.717, 1.165) is 12.8 Å². The van der Waals surface area contributed by atoms with Crippen molar-refractivity contribution in [2.45, 2.75) is 23.3 Å². The molecule has 6 heteroatoms. The van der Waals surface area contributed by atoms with Gasteiger partial charge < -0.3 is 9.84 Å².